The first-order valence-corrected chi connectivity index (χ1v) is 8.01. The Labute approximate surface area is 144 Å². The monoisotopic (exact) mass is 343 g/mol. The molecule has 3 aromatic rings. The van der Waals surface area contributed by atoms with E-state index in [9.17, 15) is 4.79 Å². The van der Waals surface area contributed by atoms with Crippen molar-refractivity contribution in [2.45, 2.75) is 13.3 Å². The fourth-order valence-corrected chi connectivity index (χ4v) is 2.72. The molecule has 0 saturated heterocycles. The molecule has 1 aromatic carbocycles. The Morgan fingerprint density at radius 3 is 2.92 bits per heavy atom. The highest BCUT2D eigenvalue weighted by atomic mass is 35.5. The van der Waals surface area contributed by atoms with Crippen molar-refractivity contribution in [3.05, 3.63) is 52.6 Å². The number of halogens is 1. The average Bonchev–Trinajstić information content (AvgIpc) is 3.07. The van der Waals surface area contributed by atoms with Crippen molar-refractivity contribution in [1.82, 2.24) is 25.1 Å². The second-order valence-corrected chi connectivity index (χ2v) is 5.85. The van der Waals surface area contributed by atoms with Crippen LogP contribution in [0.25, 0.3) is 17.1 Å². The summed E-state index contributed by atoms with van der Waals surface area (Å²) in [6.07, 6.45) is 3.79. The van der Waals surface area contributed by atoms with Gasteiger partial charge in [0.2, 0.25) is 5.91 Å². The van der Waals surface area contributed by atoms with Crippen LogP contribution in [0.15, 0.2) is 30.3 Å². The van der Waals surface area contributed by atoms with Crippen molar-refractivity contribution >= 4 is 34.6 Å². The van der Waals surface area contributed by atoms with Crippen LogP contribution >= 0.6 is 11.6 Å². The Hall–Kier alpha value is -2.60. The minimum atomic E-state index is -0.176. The number of benzene rings is 1. The van der Waals surface area contributed by atoms with E-state index in [0.29, 0.717) is 18.1 Å². The lowest BCUT2D eigenvalue weighted by molar-refractivity contribution is -0.116. The summed E-state index contributed by atoms with van der Waals surface area (Å²) < 4.78 is 1.58. The normalized spacial score (nSPS) is 11.5. The molecule has 124 valence electrons. The Morgan fingerprint density at radius 2 is 2.21 bits per heavy atom. The van der Waals surface area contributed by atoms with Crippen LogP contribution < -0.4 is 5.32 Å². The van der Waals surface area contributed by atoms with Crippen LogP contribution in [0, 0.1) is 6.92 Å². The quantitative estimate of drug-likeness (QED) is 0.699. The molecule has 0 bridgehead atoms. The summed E-state index contributed by atoms with van der Waals surface area (Å²) in [6.45, 7) is 2.35. The first-order valence-electron chi connectivity index (χ1n) is 7.63. The molecule has 7 heteroatoms. The molecule has 0 spiro atoms. The molecule has 2 N–H and O–H groups in total. The van der Waals surface area contributed by atoms with Crippen molar-refractivity contribution in [3.63, 3.8) is 0 Å². The number of carbonyl (C=O) groups is 1. The van der Waals surface area contributed by atoms with Gasteiger partial charge in [0.05, 0.1) is 16.7 Å². The molecule has 2 heterocycles. The van der Waals surface area contributed by atoms with Gasteiger partial charge in [-0.3, -0.25) is 9.48 Å². The van der Waals surface area contributed by atoms with Gasteiger partial charge in [-0.1, -0.05) is 23.7 Å². The van der Waals surface area contributed by atoms with Gasteiger partial charge in [-0.2, -0.15) is 5.10 Å². The maximum absolute atomic E-state index is 11.9. The lowest BCUT2D eigenvalue weighted by Crippen LogP contribution is -2.23. The number of fused-ring (bicyclic) bond motifs is 1. The van der Waals surface area contributed by atoms with E-state index in [-0.39, 0.29) is 5.91 Å². The predicted octanol–water partition coefficient (Wildman–Crippen LogP) is 2.63. The lowest BCUT2D eigenvalue weighted by atomic mass is 10.2. The Morgan fingerprint density at radius 1 is 1.42 bits per heavy atom. The Bertz CT molecular complexity index is 876. The van der Waals surface area contributed by atoms with Gasteiger partial charge in [-0.15, -0.1) is 0 Å². The minimum absolute atomic E-state index is 0.176. The van der Waals surface area contributed by atoms with E-state index >= 15 is 0 Å². The largest absolute Gasteiger partial charge is 0.352 e. The van der Waals surface area contributed by atoms with Crippen LogP contribution in [-0.4, -0.2) is 32.2 Å². The molecule has 2 aromatic heterocycles. The van der Waals surface area contributed by atoms with Gasteiger partial charge in [0.25, 0.3) is 0 Å². The Balaban J connectivity index is 1.54. The first-order chi connectivity index (χ1) is 11.5. The molecule has 0 unspecified atom stereocenters. The van der Waals surface area contributed by atoms with Crippen molar-refractivity contribution in [3.8, 4) is 0 Å². The third-order valence-corrected chi connectivity index (χ3v) is 4.15. The van der Waals surface area contributed by atoms with Gasteiger partial charge in [0.1, 0.15) is 11.0 Å². The van der Waals surface area contributed by atoms with Crippen LogP contribution in [0.2, 0.25) is 5.15 Å². The molecular weight excluding hydrogens is 326 g/mol. The number of aromatic amines is 1. The standard InChI is InChI=1S/C17H18ClN5O/c1-11-12(17(18)23(2)22-11)7-8-16(24)19-10-9-15-20-13-5-3-4-6-14(13)21-15/h3-8H,9-10H2,1-2H3,(H,19,24)(H,20,21)/b8-7+. The van der Waals surface area contributed by atoms with Crippen LogP contribution in [-0.2, 0) is 18.3 Å². The fraction of sp³-hybridized carbons (Fsp3) is 0.235. The molecule has 1 amide bonds. The fourth-order valence-electron chi connectivity index (χ4n) is 2.48. The number of nitrogens with zero attached hydrogens (tertiary/aromatic N) is 3. The van der Waals surface area contributed by atoms with Crippen LogP contribution in [0.5, 0.6) is 0 Å². The van der Waals surface area contributed by atoms with E-state index in [4.69, 9.17) is 11.6 Å². The number of hydrogen-bond acceptors (Lipinski definition) is 3. The van der Waals surface area contributed by atoms with Crippen molar-refractivity contribution < 1.29 is 4.79 Å². The number of para-hydroxylation sites is 2. The number of aryl methyl sites for hydroxylation is 2. The van der Waals surface area contributed by atoms with Gasteiger partial charge < -0.3 is 10.3 Å². The number of H-pyrrole nitrogens is 1. The maximum atomic E-state index is 11.9. The third-order valence-electron chi connectivity index (χ3n) is 3.70. The van der Waals surface area contributed by atoms with E-state index < -0.39 is 0 Å². The zero-order chi connectivity index (χ0) is 17.1. The van der Waals surface area contributed by atoms with Crippen molar-refractivity contribution in [2.75, 3.05) is 6.54 Å². The number of nitrogens with one attached hydrogen (secondary N) is 2. The third kappa shape index (κ3) is 3.49. The molecule has 0 aliphatic heterocycles. The number of rotatable bonds is 5. The van der Waals surface area contributed by atoms with E-state index in [1.807, 2.05) is 31.2 Å². The number of imidazole rings is 1. The van der Waals surface area contributed by atoms with Crippen LogP contribution in [0.1, 0.15) is 17.1 Å². The zero-order valence-electron chi connectivity index (χ0n) is 13.5. The van der Waals surface area contributed by atoms with E-state index in [0.717, 1.165) is 28.1 Å². The van der Waals surface area contributed by atoms with Crippen molar-refractivity contribution in [1.29, 1.82) is 0 Å². The summed E-state index contributed by atoms with van der Waals surface area (Å²) in [5.74, 6) is 0.678. The lowest BCUT2D eigenvalue weighted by Gasteiger charge is -2.00. The summed E-state index contributed by atoms with van der Waals surface area (Å²) in [7, 11) is 1.76. The zero-order valence-corrected chi connectivity index (χ0v) is 14.3. The highest BCUT2D eigenvalue weighted by molar-refractivity contribution is 6.31. The summed E-state index contributed by atoms with van der Waals surface area (Å²) >= 11 is 6.13. The number of hydrogen-bond donors (Lipinski definition) is 2. The van der Waals surface area contributed by atoms with Gasteiger partial charge in [0, 0.05) is 31.7 Å². The molecular formula is C17H18ClN5O. The SMILES string of the molecule is Cc1nn(C)c(Cl)c1/C=C/C(=O)NCCc1nc2ccccc2[nH]1. The van der Waals surface area contributed by atoms with Gasteiger partial charge in [-0.05, 0) is 25.1 Å². The number of aromatic nitrogens is 4. The van der Waals surface area contributed by atoms with E-state index in [2.05, 4.69) is 20.4 Å². The number of amides is 1. The summed E-state index contributed by atoms with van der Waals surface area (Å²) in [5, 5.41) is 7.55. The van der Waals surface area contributed by atoms with Crippen LogP contribution in [0.3, 0.4) is 0 Å². The molecule has 0 fully saturated rings. The molecule has 0 aliphatic carbocycles. The highest BCUT2D eigenvalue weighted by Crippen LogP contribution is 2.19. The second kappa shape index (κ2) is 6.88. The van der Waals surface area contributed by atoms with E-state index in [1.165, 1.54) is 6.08 Å². The number of carbonyl (C=O) groups excluding carboxylic acids is 1. The molecule has 3 rings (SSSR count). The van der Waals surface area contributed by atoms with E-state index in [1.54, 1.807) is 17.8 Å². The minimum Gasteiger partial charge on any atom is -0.352 e. The maximum Gasteiger partial charge on any atom is 0.244 e. The molecule has 0 atom stereocenters. The molecule has 0 saturated carbocycles. The molecule has 0 radical (unpaired) electrons. The van der Waals surface area contributed by atoms with Gasteiger partial charge in [0.15, 0.2) is 0 Å². The topological polar surface area (TPSA) is 75.6 Å². The molecule has 6 nitrogen and oxygen atoms in total. The average molecular weight is 344 g/mol. The first kappa shape index (κ1) is 16.3. The highest BCUT2D eigenvalue weighted by Gasteiger charge is 2.08. The summed E-state index contributed by atoms with van der Waals surface area (Å²) in [6, 6.07) is 7.84. The van der Waals surface area contributed by atoms with Crippen LogP contribution in [0.4, 0.5) is 0 Å². The molecule has 24 heavy (non-hydrogen) atoms. The molecule has 0 aliphatic rings. The second-order valence-electron chi connectivity index (χ2n) is 5.49. The van der Waals surface area contributed by atoms with Crippen molar-refractivity contribution in [2.24, 2.45) is 7.05 Å². The van der Waals surface area contributed by atoms with Gasteiger partial charge in [-0.25, -0.2) is 4.98 Å². The Kier molecular flexibility index (Phi) is 4.66. The summed E-state index contributed by atoms with van der Waals surface area (Å²) in [5.41, 5.74) is 3.47. The summed E-state index contributed by atoms with van der Waals surface area (Å²) in [4.78, 5) is 19.6. The predicted molar refractivity (Wildman–Crippen MR) is 94.8 cm³/mol. The van der Waals surface area contributed by atoms with Gasteiger partial charge >= 0.3 is 0 Å². The smallest absolute Gasteiger partial charge is 0.244 e.